The highest BCUT2D eigenvalue weighted by molar-refractivity contribution is 6.31. The Morgan fingerprint density at radius 1 is 1.26 bits per heavy atom. The standard InChI is InChI=1S/C16H16ClN3O3/c1-10-13(17)5-4-6-14(10)18-16(21)12-9-11(20(22)23)7-8-15(12)19(2)3/h4-9H,1-3H3,(H,18,21). The number of hydrogen-bond donors (Lipinski definition) is 1. The van der Waals surface area contributed by atoms with Crippen molar-refractivity contribution in [2.75, 3.05) is 24.3 Å². The van der Waals surface area contributed by atoms with E-state index in [0.29, 0.717) is 16.4 Å². The van der Waals surface area contributed by atoms with Crippen molar-refractivity contribution in [3.05, 3.63) is 62.7 Å². The van der Waals surface area contributed by atoms with Crippen LogP contribution in [-0.4, -0.2) is 24.9 Å². The van der Waals surface area contributed by atoms with Gasteiger partial charge in [0.1, 0.15) is 0 Å². The van der Waals surface area contributed by atoms with Crippen LogP contribution in [0.2, 0.25) is 5.02 Å². The summed E-state index contributed by atoms with van der Waals surface area (Å²) in [4.78, 5) is 24.7. The third-order valence-electron chi connectivity index (χ3n) is 3.43. The summed E-state index contributed by atoms with van der Waals surface area (Å²) in [5.41, 5.74) is 1.98. The number of benzene rings is 2. The van der Waals surface area contributed by atoms with Gasteiger partial charge in [0.25, 0.3) is 11.6 Å². The minimum absolute atomic E-state index is 0.136. The Morgan fingerprint density at radius 3 is 2.57 bits per heavy atom. The summed E-state index contributed by atoms with van der Waals surface area (Å²) in [6, 6.07) is 9.38. The van der Waals surface area contributed by atoms with E-state index in [1.807, 2.05) is 0 Å². The molecule has 0 bridgehead atoms. The van der Waals surface area contributed by atoms with Gasteiger partial charge < -0.3 is 10.2 Å². The average Bonchev–Trinajstić information content (AvgIpc) is 2.51. The third-order valence-corrected chi connectivity index (χ3v) is 3.84. The number of nitrogens with one attached hydrogen (secondary N) is 1. The van der Waals surface area contributed by atoms with Crippen molar-refractivity contribution in [3.8, 4) is 0 Å². The number of carbonyl (C=O) groups is 1. The Morgan fingerprint density at radius 2 is 1.96 bits per heavy atom. The van der Waals surface area contributed by atoms with Crippen LogP contribution in [0.1, 0.15) is 15.9 Å². The van der Waals surface area contributed by atoms with E-state index in [9.17, 15) is 14.9 Å². The molecule has 23 heavy (non-hydrogen) atoms. The largest absolute Gasteiger partial charge is 0.377 e. The highest BCUT2D eigenvalue weighted by Crippen LogP contribution is 2.27. The van der Waals surface area contributed by atoms with E-state index in [0.717, 1.165) is 5.56 Å². The van der Waals surface area contributed by atoms with Gasteiger partial charge >= 0.3 is 0 Å². The molecule has 0 fully saturated rings. The van der Waals surface area contributed by atoms with Crippen molar-refractivity contribution in [1.82, 2.24) is 0 Å². The van der Waals surface area contributed by atoms with Gasteiger partial charge in [0.15, 0.2) is 0 Å². The summed E-state index contributed by atoms with van der Waals surface area (Å²) >= 11 is 6.04. The van der Waals surface area contributed by atoms with Gasteiger partial charge in [-0.05, 0) is 30.7 Å². The average molecular weight is 334 g/mol. The molecule has 0 heterocycles. The Kier molecular flexibility index (Phi) is 4.86. The molecule has 0 saturated carbocycles. The van der Waals surface area contributed by atoms with E-state index in [1.165, 1.54) is 12.1 Å². The monoisotopic (exact) mass is 333 g/mol. The Bertz CT molecular complexity index is 775. The first-order chi connectivity index (χ1) is 10.8. The normalized spacial score (nSPS) is 10.3. The third kappa shape index (κ3) is 3.60. The van der Waals surface area contributed by atoms with Gasteiger partial charge in [-0.15, -0.1) is 0 Å². The Balaban J connectivity index is 2.43. The molecule has 0 spiro atoms. The van der Waals surface area contributed by atoms with E-state index in [1.54, 1.807) is 50.2 Å². The fourth-order valence-electron chi connectivity index (χ4n) is 2.14. The molecule has 0 aliphatic heterocycles. The molecule has 1 amide bonds. The van der Waals surface area contributed by atoms with Crippen molar-refractivity contribution in [2.45, 2.75) is 6.92 Å². The maximum Gasteiger partial charge on any atom is 0.270 e. The van der Waals surface area contributed by atoms with Crippen LogP contribution in [0.25, 0.3) is 0 Å². The molecule has 0 radical (unpaired) electrons. The van der Waals surface area contributed by atoms with Crippen LogP contribution in [0.3, 0.4) is 0 Å². The predicted molar refractivity (Wildman–Crippen MR) is 91.6 cm³/mol. The number of amides is 1. The van der Waals surface area contributed by atoms with Gasteiger partial charge in [0, 0.05) is 42.6 Å². The van der Waals surface area contributed by atoms with Crippen molar-refractivity contribution in [1.29, 1.82) is 0 Å². The van der Waals surface area contributed by atoms with E-state index in [-0.39, 0.29) is 11.3 Å². The zero-order chi connectivity index (χ0) is 17.1. The first-order valence-corrected chi connectivity index (χ1v) is 7.21. The van der Waals surface area contributed by atoms with Gasteiger partial charge in [-0.25, -0.2) is 0 Å². The fraction of sp³-hybridized carbons (Fsp3) is 0.188. The molecule has 2 aromatic rings. The van der Waals surface area contributed by atoms with E-state index < -0.39 is 10.8 Å². The van der Waals surface area contributed by atoms with Gasteiger partial charge in [0.2, 0.25) is 0 Å². The zero-order valence-electron chi connectivity index (χ0n) is 13.0. The smallest absolute Gasteiger partial charge is 0.270 e. The molecule has 0 atom stereocenters. The number of nitro benzene ring substituents is 1. The minimum atomic E-state index is -0.527. The number of hydrogen-bond acceptors (Lipinski definition) is 4. The number of nitro groups is 1. The zero-order valence-corrected chi connectivity index (χ0v) is 13.7. The lowest BCUT2D eigenvalue weighted by atomic mass is 10.1. The first-order valence-electron chi connectivity index (χ1n) is 6.83. The van der Waals surface area contributed by atoms with E-state index >= 15 is 0 Å². The maximum absolute atomic E-state index is 12.6. The second-order valence-electron chi connectivity index (χ2n) is 5.22. The van der Waals surface area contributed by atoms with E-state index in [4.69, 9.17) is 11.6 Å². The summed E-state index contributed by atoms with van der Waals surface area (Å²) in [5.74, 6) is -0.428. The van der Waals surface area contributed by atoms with Crippen LogP contribution in [0, 0.1) is 17.0 Å². The van der Waals surface area contributed by atoms with Crippen LogP contribution < -0.4 is 10.2 Å². The number of anilines is 2. The SMILES string of the molecule is Cc1c(Cl)cccc1NC(=O)c1cc([N+](=O)[O-])ccc1N(C)C. The van der Waals surface area contributed by atoms with E-state index in [2.05, 4.69) is 5.32 Å². The van der Waals surface area contributed by atoms with Crippen LogP contribution in [-0.2, 0) is 0 Å². The van der Waals surface area contributed by atoms with Crippen LogP contribution in [0.4, 0.5) is 17.1 Å². The van der Waals surface area contributed by atoms with Gasteiger partial charge in [-0.2, -0.15) is 0 Å². The molecule has 6 nitrogen and oxygen atoms in total. The molecular weight excluding hydrogens is 318 g/mol. The molecule has 0 aromatic heterocycles. The molecule has 0 aliphatic rings. The molecule has 120 valence electrons. The summed E-state index contributed by atoms with van der Waals surface area (Å²) < 4.78 is 0. The molecule has 1 N–H and O–H groups in total. The fourth-order valence-corrected chi connectivity index (χ4v) is 2.32. The lowest BCUT2D eigenvalue weighted by molar-refractivity contribution is -0.384. The second kappa shape index (κ2) is 6.66. The number of carbonyl (C=O) groups excluding carboxylic acids is 1. The molecule has 7 heteroatoms. The lowest BCUT2D eigenvalue weighted by Crippen LogP contribution is -2.19. The van der Waals surface area contributed by atoms with Gasteiger partial charge in [-0.1, -0.05) is 17.7 Å². The van der Waals surface area contributed by atoms with Gasteiger partial charge in [0.05, 0.1) is 10.5 Å². The molecule has 0 unspecified atom stereocenters. The topological polar surface area (TPSA) is 75.5 Å². The summed E-state index contributed by atoms with van der Waals surface area (Å²) in [7, 11) is 3.53. The quantitative estimate of drug-likeness (QED) is 0.680. The molecule has 0 aliphatic carbocycles. The summed E-state index contributed by atoms with van der Waals surface area (Å²) in [6.45, 7) is 1.79. The summed E-state index contributed by atoms with van der Waals surface area (Å²) in [5, 5.41) is 14.2. The maximum atomic E-state index is 12.6. The van der Waals surface area contributed by atoms with Crippen molar-refractivity contribution < 1.29 is 9.72 Å². The highest BCUT2D eigenvalue weighted by Gasteiger charge is 2.18. The predicted octanol–water partition coefficient (Wildman–Crippen LogP) is 3.87. The second-order valence-corrected chi connectivity index (χ2v) is 5.63. The van der Waals surface area contributed by atoms with Crippen LogP contribution in [0.15, 0.2) is 36.4 Å². The lowest BCUT2D eigenvalue weighted by Gasteiger charge is -2.17. The van der Waals surface area contributed by atoms with Crippen molar-refractivity contribution >= 4 is 34.6 Å². The Labute approximate surface area is 138 Å². The molecule has 2 aromatic carbocycles. The van der Waals surface area contributed by atoms with Crippen LogP contribution in [0.5, 0.6) is 0 Å². The summed E-state index contributed by atoms with van der Waals surface area (Å²) in [6.07, 6.45) is 0. The Hall–Kier alpha value is -2.60. The van der Waals surface area contributed by atoms with Crippen molar-refractivity contribution in [3.63, 3.8) is 0 Å². The number of nitrogens with zero attached hydrogens (tertiary/aromatic N) is 2. The molecular formula is C16H16ClN3O3. The first kappa shape index (κ1) is 16.8. The number of non-ortho nitro benzene ring substituents is 1. The minimum Gasteiger partial charge on any atom is -0.377 e. The molecule has 0 saturated heterocycles. The number of halogens is 1. The number of rotatable bonds is 4. The van der Waals surface area contributed by atoms with Gasteiger partial charge in [-0.3, -0.25) is 14.9 Å². The molecule has 2 rings (SSSR count). The van der Waals surface area contributed by atoms with Crippen molar-refractivity contribution in [2.24, 2.45) is 0 Å². The van der Waals surface area contributed by atoms with Crippen LogP contribution >= 0.6 is 11.6 Å². The highest BCUT2D eigenvalue weighted by atomic mass is 35.5.